The SMILES string of the molecule is CC(F)(F)c1cccc(-c2nc3ccc([N+](=O)[O-])cc3n2O)c1. The Morgan fingerprint density at radius 3 is 2.65 bits per heavy atom. The maximum absolute atomic E-state index is 13.4. The summed E-state index contributed by atoms with van der Waals surface area (Å²) in [7, 11) is 0. The summed E-state index contributed by atoms with van der Waals surface area (Å²) in [5, 5.41) is 21.0. The van der Waals surface area contributed by atoms with Crippen molar-refractivity contribution in [1.82, 2.24) is 9.71 Å². The Hall–Kier alpha value is -3.03. The zero-order valence-corrected chi connectivity index (χ0v) is 11.9. The quantitative estimate of drug-likeness (QED) is 0.450. The Balaban J connectivity index is 2.17. The second-order valence-corrected chi connectivity index (χ2v) is 5.15. The van der Waals surface area contributed by atoms with Crippen LogP contribution < -0.4 is 0 Å². The number of alkyl halides is 2. The van der Waals surface area contributed by atoms with Crippen LogP contribution in [0.1, 0.15) is 12.5 Å². The molecule has 8 heteroatoms. The van der Waals surface area contributed by atoms with E-state index in [1.165, 1.54) is 42.5 Å². The highest BCUT2D eigenvalue weighted by Crippen LogP contribution is 2.31. The van der Waals surface area contributed by atoms with Gasteiger partial charge in [0, 0.05) is 30.2 Å². The number of aromatic nitrogens is 2. The lowest BCUT2D eigenvalue weighted by Crippen LogP contribution is -2.07. The van der Waals surface area contributed by atoms with Gasteiger partial charge in [-0.3, -0.25) is 10.1 Å². The molecule has 6 nitrogen and oxygen atoms in total. The first kappa shape index (κ1) is 14.9. The number of hydrogen-bond acceptors (Lipinski definition) is 4. The largest absolute Gasteiger partial charge is 0.426 e. The molecule has 3 rings (SSSR count). The molecule has 0 saturated heterocycles. The molecule has 0 spiro atoms. The lowest BCUT2D eigenvalue weighted by atomic mass is 10.1. The minimum absolute atomic E-state index is 0.0339. The number of nitrogens with zero attached hydrogens (tertiary/aromatic N) is 3. The summed E-state index contributed by atoms with van der Waals surface area (Å²) >= 11 is 0. The first-order valence-corrected chi connectivity index (χ1v) is 6.62. The zero-order valence-electron chi connectivity index (χ0n) is 11.9. The van der Waals surface area contributed by atoms with Crippen molar-refractivity contribution in [3.05, 3.63) is 58.1 Å². The van der Waals surface area contributed by atoms with Crippen molar-refractivity contribution in [3.63, 3.8) is 0 Å². The van der Waals surface area contributed by atoms with Crippen LogP contribution in [-0.2, 0) is 5.92 Å². The van der Waals surface area contributed by atoms with Gasteiger partial charge >= 0.3 is 0 Å². The van der Waals surface area contributed by atoms with E-state index in [0.717, 1.165) is 6.92 Å². The van der Waals surface area contributed by atoms with Crippen molar-refractivity contribution < 1.29 is 18.9 Å². The van der Waals surface area contributed by atoms with Crippen molar-refractivity contribution >= 4 is 16.7 Å². The number of nitro groups is 1. The third-order valence-electron chi connectivity index (χ3n) is 3.45. The number of nitro benzene ring substituents is 1. The van der Waals surface area contributed by atoms with Crippen LogP contribution in [0.25, 0.3) is 22.4 Å². The van der Waals surface area contributed by atoms with E-state index in [2.05, 4.69) is 4.98 Å². The molecule has 0 unspecified atom stereocenters. The molecule has 0 aliphatic rings. The highest BCUT2D eigenvalue weighted by Gasteiger charge is 2.25. The van der Waals surface area contributed by atoms with Crippen molar-refractivity contribution in [2.24, 2.45) is 0 Å². The summed E-state index contributed by atoms with van der Waals surface area (Å²) < 4.78 is 27.5. The van der Waals surface area contributed by atoms with E-state index in [9.17, 15) is 24.1 Å². The summed E-state index contributed by atoms with van der Waals surface area (Å²) in [5.74, 6) is -2.99. The molecule has 0 saturated carbocycles. The van der Waals surface area contributed by atoms with Gasteiger partial charge in [0.25, 0.3) is 11.6 Å². The molecule has 0 atom stereocenters. The van der Waals surface area contributed by atoms with Gasteiger partial charge in [-0.05, 0) is 12.1 Å². The summed E-state index contributed by atoms with van der Waals surface area (Å²) in [4.78, 5) is 14.4. The number of hydrogen-bond donors (Lipinski definition) is 1. The predicted molar refractivity (Wildman–Crippen MR) is 78.6 cm³/mol. The molecular weight excluding hydrogens is 308 g/mol. The first-order valence-electron chi connectivity index (χ1n) is 6.62. The molecule has 1 N–H and O–H groups in total. The van der Waals surface area contributed by atoms with Crippen LogP contribution in [0.5, 0.6) is 0 Å². The van der Waals surface area contributed by atoms with Gasteiger partial charge in [-0.2, -0.15) is 4.73 Å². The van der Waals surface area contributed by atoms with Crippen LogP contribution in [0.4, 0.5) is 14.5 Å². The van der Waals surface area contributed by atoms with E-state index < -0.39 is 10.8 Å². The minimum atomic E-state index is -3.03. The lowest BCUT2D eigenvalue weighted by molar-refractivity contribution is -0.384. The van der Waals surface area contributed by atoms with Crippen LogP contribution in [0.3, 0.4) is 0 Å². The van der Waals surface area contributed by atoms with E-state index in [1.807, 2.05) is 0 Å². The molecule has 1 aromatic heterocycles. The molecule has 23 heavy (non-hydrogen) atoms. The normalized spacial score (nSPS) is 11.8. The van der Waals surface area contributed by atoms with Gasteiger partial charge in [0.05, 0.1) is 10.4 Å². The monoisotopic (exact) mass is 319 g/mol. The predicted octanol–water partition coefficient (Wildman–Crippen LogP) is 3.96. The number of benzene rings is 2. The Morgan fingerprint density at radius 2 is 2.00 bits per heavy atom. The summed E-state index contributed by atoms with van der Waals surface area (Å²) in [6, 6.07) is 9.28. The average molecular weight is 319 g/mol. The average Bonchev–Trinajstić information content (AvgIpc) is 2.83. The molecule has 118 valence electrons. The Labute approximate surface area is 128 Å². The van der Waals surface area contributed by atoms with E-state index in [0.29, 0.717) is 10.2 Å². The van der Waals surface area contributed by atoms with Crippen molar-refractivity contribution in [2.75, 3.05) is 0 Å². The Kier molecular flexibility index (Phi) is 3.24. The fourth-order valence-electron chi connectivity index (χ4n) is 2.28. The minimum Gasteiger partial charge on any atom is -0.426 e. The molecule has 0 amide bonds. The van der Waals surface area contributed by atoms with Crippen LogP contribution >= 0.6 is 0 Å². The molecule has 0 aliphatic carbocycles. The van der Waals surface area contributed by atoms with Gasteiger partial charge in [0.1, 0.15) is 5.52 Å². The van der Waals surface area contributed by atoms with E-state index in [4.69, 9.17) is 0 Å². The van der Waals surface area contributed by atoms with E-state index >= 15 is 0 Å². The molecule has 3 aromatic rings. The van der Waals surface area contributed by atoms with Gasteiger partial charge in [-0.1, -0.05) is 18.2 Å². The molecule has 2 aromatic carbocycles. The first-order chi connectivity index (χ1) is 10.8. The second kappa shape index (κ2) is 5.01. The smallest absolute Gasteiger partial charge is 0.271 e. The molecule has 0 aliphatic heterocycles. The van der Waals surface area contributed by atoms with Gasteiger partial charge < -0.3 is 5.21 Å². The number of halogens is 2. The number of imidazole rings is 1. The topological polar surface area (TPSA) is 81.2 Å². The Bertz CT molecular complexity index is 916. The third-order valence-corrected chi connectivity index (χ3v) is 3.45. The van der Waals surface area contributed by atoms with Gasteiger partial charge in [-0.15, -0.1) is 0 Å². The Morgan fingerprint density at radius 1 is 1.26 bits per heavy atom. The van der Waals surface area contributed by atoms with Crippen LogP contribution in [0.2, 0.25) is 0 Å². The van der Waals surface area contributed by atoms with Crippen LogP contribution in [0, 0.1) is 10.1 Å². The van der Waals surface area contributed by atoms with Gasteiger partial charge in [0.15, 0.2) is 5.82 Å². The van der Waals surface area contributed by atoms with E-state index in [-0.39, 0.29) is 28.2 Å². The summed E-state index contributed by atoms with van der Waals surface area (Å²) in [6.07, 6.45) is 0. The second-order valence-electron chi connectivity index (χ2n) is 5.15. The van der Waals surface area contributed by atoms with Crippen molar-refractivity contribution in [2.45, 2.75) is 12.8 Å². The molecule has 0 bridgehead atoms. The molecular formula is C15H11F2N3O3. The van der Waals surface area contributed by atoms with Crippen molar-refractivity contribution in [3.8, 4) is 11.4 Å². The third kappa shape index (κ3) is 2.59. The molecule has 0 radical (unpaired) electrons. The maximum atomic E-state index is 13.4. The van der Waals surface area contributed by atoms with Crippen LogP contribution in [-0.4, -0.2) is 19.8 Å². The van der Waals surface area contributed by atoms with Gasteiger partial charge in [-0.25, -0.2) is 13.8 Å². The number of fused-ring (bicyclic) bond motifs is 1. The maximum Gasteiger partial charge on any atom is 0.271 e. The zero-order chi connectivity index (χ0) is 16.8. The molecule has 0 fully saturated rings. The van der Waals surface area contributed by atoms with Crippen LogP contribution in [0.15, 0.2) is 42.5 Å². The highest BCUT2D eigenvalue weighted by molar-refractivity contribution is 5.82. The summed E-state index contributed by atoms with van der Waals surface area (Å²) in [5.41, 5.74) is 0.316. The summed E-state index contributed by atoms with van der Waals surface area (Å²) in [6.45, 7) is 0.775. The number of non-ortho nitro benzene ring substituents is 1. The lowest BCUT2D eigenvalue weighted by Gasteiger charge is -2.11. The van der Waals surface area contributed by atoms with E-state index in [1.54, 1.807) is 0 Å². The van der Waals surface area contributed by atoms with Crippen molar-refractivity contribution in [1.29, 1.82) is 0 Å². The fourth-order valence-corrected chi connectivity index (χ4v) is 2.28. The standard InChI is InChI=1S/C15H11F2N3O3/c1-15(16,17)10-4-2-3-9(7-10)14-18-12-6-5-11(20(22)23)8-13(12)19(14)21/h2-8,21H,1H3. The molecule has 1 heterocycles. The number of rotatable bonds is 3. The fraction of sp³-hybridized carbons (Fsp3) is 0.133. The van der Waals surface area contributed by atoms with Gasteiger partial charge in [0.2, 0.25) is 0 Å². The highest BCUT2D eigenvalue weighted by atomic mass is 19.3.